The highest BCUT2D eigenvalue weighted by atomic mass is 127. The first-order valence-corrected chi connectivity index (χ1v) is 16.5. The lowest BCUT2D eigenvalue weighted by molar-refractivity contribution is -0.0790. The lowest BCUT2D eigenvalue weighted by atomic mass is 9.61. The average molecular weight is 609 g/mol. The van der Waals surface area contributed by atoms with Crippen LogP contribution in [0, 0.1) is 19.3 Å². The van der Waals surface area contributed by atoms with Crippen molar-refractivity contribution in [3.63, 3.8) is 0 Å². The predicted molar refractivity (Wildman–Crippen MR) is 156 cm³/mol. The summed E-state index contributed by atoms with van der Waals surface area (Å²) in [6.07, 6.45) is 6.98. The SMILES string of the molecule is Cc1cc(-c2c(-c3ccc4c(cnn4C)c3)nn(C3CC4(C3)CN(C)C4)c2C)c2cnn(PI)c2c1. The van der Waals surface area contributed by atoms with E-state index < -0.39 is 0 Å². The topological polar surface area (TPSA) is 56.7 Å². The van der Waals surface area contributed by atoms with Gasteiger partial charge in [0, 0.05) is 47.7 Å². The molecule has 7 nitrogen and oxygen atoms in total. The summed E-state index contributed by atoms with van der Waals surface area (Å²) in [5.41, 5.74) is 9.99. The fourth-order valence-corrected chi connectivity index (χ4v) is 8.25. The summed E-state index contributed by atoms with van der Waals surface area (Å²) in [4.78, 5) is 2.43. The standard InChI is InChI=1S/C27H29IN7P/c1-16-7-21(22-13-30-35(36-28)24(22)8-16)25-17(2)34(20-10-27(11-20)14-32(3)15-27)31-26(25)18-5-6-23-19(9-18)12-29-33(23)4/h5-9,12-13,20,36H,10-11,14-15H2,1-4H3. The molecule has 1 saturated carbocycles. The summed E-state index contributed by atoms with van der Waals surface area (Å²) in [6, 6.07) is 11.6. The maximum Gasteiger partial charge on any atom is 0.100 e. The van der Waals surface area contributed by atoms with Crippen molar-refractivity contribution in [3.8, 4) is 22.4 Å². The normalized spacial score (nSPS) is 18.1. The van der Waals surface area contributed by atoms with E-state index in [9.17, 15) is 0 Å². The Kier molecular flexibility index (Phi) is 5.15. The molecule has 1 spiro atoms. The van der Waals surface area contributed by atoms with Crippen molar-refractivity contribution in [1.29, 1.82) is 0 Å². The maximum absolute atomic E-state index is 5.35. The lowest BCUT2D eigenvalue weighted by Crippen LogP contribution is -2.60. The van der Waals surface area contributed by atoms with Crippen molar-refractivity contribution in [2.45, 2.75) is 32.7 Å². The number of nitrogens with zero attached hydrogens (tertiary/aromatic N) is 7. The van der Waals surface area contributed by atoms with Crippen molar-refractivity contribution < 1.29 is 0 Å². The Morgan fingerprint density at radius 1 is 1.00 bits per heavy atom. The molecule has 0 amide bonds. The molecule has 9 heteroatoms. The van der Waals surface area contributed by atoms with Gasteiger partial charge in [-0.3, -0.25) is 9.36 Å². The quantitative estimate of drug-likeness (QED) is 0.182. The molecule has 36 heavy (non-hydrogen) atoms. The minimum Gasteiger partial charge on any atom is -0.305 e. The molecule has 2 fully saturated rings. The minimum absolute atomic E-state index is 0.465. The Balaban J connectivity index is 1.43. The van der Waals surface area contributed by atoms with Gasteiger partial charge in [0.15, 0.2) is 0 Å². The third-order valence-corrected chi connectivity index (χ3v) is 10.1. The first-order chi connectivity index (χ1) is 17.4. The molecule has 184 valence electrons. The molecule has 2 aromatic carbocycles. The van der Waals surface area contributed by atoms with Crippen LogP contribution in [0.3, 0.4) is 0 Å². The van der Waals surface area contributed by atoms with Gasteiger partial charge in [0.1, 0.15) is 5.69 Å². The van der Waals surface area contributed by atoms with E-state index in [0.717, 1.165) is 22.2 Å². The van der Waals surface area contributed by atoms with Gasteiger partial charge in [-0.1, -0.05) is 12.1 Å². The van der Waals surface area contributed by atoms with E-state index in [4.69, 9.17) is 10.2 Å². The van der Waals surface area contributed by atoms with Crippen LogP contribution in [-0.4, -0.2) is 54.1 Å². The molecule has 4 heterocycles. The summed E-state index contributed by atoms with van der Waals surface area (Å²) in [5, 5.41) is 16.9. The van der Waals surface area contributed by atoms with E-state index in [1.165, 1.54) is 59.2 Å². The number of hydrogen-bond acceptors (Lipinski definition) is 4. The summed E-state index contributed by atoms with van der Waals surface area (Å²) in [5.74, 6) is 0. The monoisotopic (exact) mass is 609 g/mol. The second kappa shape index (κ2) is 8.10. The van der Waals surface area contributed by atoms with Gasteiger partial charge in [-0.15, -0.1) is 0 Å². The Bertz CT molecular complexity index is 1650. The second-order valence-corrected chi connectivity index (χ2v) is 13.0. The summed E-state index contributed by atoms with van der Waals surface area (Å²) >= 11 is 2.41. The van der Waals surface area contributed by atoms with Crippen LogP contribution in [0.4, 0.5) is 0 Å². The van der Waals surface area contributed by atoms with Crippen LogP contribution in [0.5, 0.6) is 0 Å². The highest BCUT2D eigenvalue weighted by Gasteiger charge is 2.52. The Morgan fingerprint density at radius 3 is 2.56 bits per heavy atom. The molecule has 5 aromatic rings. The zero-order valence-corrected chi connectivity index (χ0v) is 24.1. The Labute approximate surface area is 225 Å². The lowest BCUT2D eigenvalue weighted by Gasteiger charge is -2.58. The summed E-state index contributed by atoms with van der Waals surface area (Å²) in [7, 11) is 4.22. The third-order valence-electron chi connectivity index (χ3n) is 8.25. The molecule has 0 radical (unpaired) electrons. The van der Waals surface area contributed by atoms with Crippen LogP contribution < -0.4 is 0 Å². The number of likely N-dealkylation sites (tertiary alicyclic amines) is 1. The van der Waals surface area contributed by atoms with E-state index in [0.29, 0.717) is 17.8 Å². The highest BCUT2D eigenvalue weighted by molar-refractivity contribution is 14.2. The zero-order chi connectivity index (χ0) is 24.8. The largest absolute Gasteiger partial charge is 0.305 e. The fraction of sp³-hybridized carbons (Fsp3) is 0.370. The molecule has 0 bridgehead atoms. The molecule has 3 aromatic heterocycles. The van der Waals surface area contributed by atoms with Crippen molar-refractivity contribution in [1.82, 2.24) is 34.0 Å². The van der Waals surface area contributed by atoms with Crippen LogP contribution in [0.25, 0.3) is 44.2 Å². The summed E-state index contributed by atoms with van der Waals surface area (Å²) in [6.45, 7) is 6.87. The zero-order valence-electron chi connectivity index (χ0n) is 21.0. The Hall–Kier alpha value is -2.29. The van der Waals surface area contributed by atoms with Crippen LogP contribution >= 0.6 is 28.4 Å². The van der Waals surface area contributed by atoms with E-state index in [1.807, 2.05) is 24.1 Å². The molecule has 1 saturated heterocycles. The van der Waals surface area contributed by atoms with Crippen molar-refractivity contribution >= 4 is 50.2 Å². The first-order valence-electron chi connectivity index (χ1n) is 12.4. The van der Waals surface area contributed by atoms with Crippen LogP contribution in [0.1, 0.15) is 30.1 Å². The van der Waals surface area contributed by atoms with Crippen molar-refractivity contribution in [3.05, 3.63) is 54.0 Å². The van der Waals surface area contributed by atoms with Gasteiger partial charge in [-0.25, -0.2) is 4.45 Å². The van der Waals surface area contributed by atoms with Gasteiger partial charge in [0.05, 0.1) is 35.8 Å². The van der Waals surface area contributed by atoms with E-state index in [2.05, 4.69) is 92.4 Å². The smallest absolute Gasteiger partial charge is 0.100 e. The molecular formula is C27H29IN7P. The second-order valence-electron chi connectivity index (χ2n) is 10.9. The number of aromatic nitrogens is 6. The molecule has 1 aliphatic heterocycles. The molecule has 0 N–H and O–H groups in total. The molecule has 2 aliphatic rings. The number of fused-ring (bicyclic) bond motifs is 2. The van der Waals surface area contributed by atoms with Gasteiger partial charge >= 0.3 is 0 Å². The molecular weight excluding hydrogens is 580 g/mol. The van der Waals surface area contributed by atoms with Crippen LogP contribution in [-0.2, 0) is 7.05 Å². The van der Waals surface area contributed by atoms with Crippen LogP contribution in [0.15, 0.2) is 42.7 Å². The van der Waals surface area contributed by atoms with Gasteiger partial charge in [0.2, 0.25) is 0 Å². The minimum atomic E-state index is 0.465. The molecule has 1 atom stereocenters. The van der Waals surface area contributed by atoms with Gasteiger partial charge in [-0.05, 0) is 90.5 Å². The molecule has 1 aliphatic carbocycles. The average Bonchev–Trinajstić information content (AvgIpc) is 3.50. The number of rotatable bonds is 4. The van der Waals surface area contributed by atoms with E-state index >= 15 is 0 Å². The maximum atomic E-state index is 5.35. The fourth-order valence-electron chi connectivity index (χ4n) is 6.72. The van der Waals surface area contributed by atoms with E-state index in [1.54, 1.807) is 0 Å². The number of aryl methyl sites for hydroxylation is 2. The number of halogens is 1. The summed E-state index contributed by atoms with van der Waals surface area (Å²) < 4.78 is 6.37. The highest BCUT2D eigenvalue weighted by Crippen LogP contribution is 2.54. The first kappa shape index (κ1) is 22.9. The Morgan fingerprint density at radius 2 is 1.81 bits per heavy atom. The van der Waals surface area contributed by atoms with Crippen molar-refractivity contribution in [2.75, 3.05) is 20.1 Å². The van der Waals surface area contributed by atoms with Gasteiger partial charge in [-0.2, -0.15) is 15.3 Å². The number of benzene rings is 2. The molecule has 7 rings (SSSR count). The third kappa shape index (κ3) is 3.33. The predicted octanol–water partition coefficient (Wildman–Crippen LogP) is 6.13. The van der Waals surface area contributed by atoms with Gasteiger partial charge < -0.3 is 4.90 Å². The van der Waals surface area contributed by atoms with Gasteiger partial charge in [0.25, 0.3) is 0 Å². The van der Waals surface area contributed by atoms with Crippen molar-refractivity contribution in [2.24, 2.45) is 12.5 Å². The van der Waals surface area contributed by atoms with Crippen LogP contribution in [0.2, 0.25) is 0 Å². The number of hydrogen-bond donors (Lipinski definition) is 0. The van der Waals surface area contributed by atoms with E-state index in [-0.39, 0.29) is 0 Å². The molecule has 1 unspecified atom stereocenters.